The Hall–Kier alpha value is -1.55. The van der Waals surface area contributed by atoms with Crippen molar-refractivity contribution in [2.24, 2.45) is 0 Å². The molecule has 1 aliphatic heterocycles. The van der Waals surface area contributed by atoms with E-state index in [1.807, 2.05) is 10.6 Å². The first kappa shape index (κ1) is 14.4. The zero-order valence-electron chi connectivity index (χ0n) is 13.2. The molecule has 1 N–H and O–H groups in total. The Balaban J connectivity index is 1.99. The van der Waals surface area contributed by atoms with Crippen molar-refractivity contribution in [1.29, 1.82) is 0 Å². The molecular formula is C17H25N3O. The van der Waals surface area contributed by atoms with E-state index in [2.05, 4.69) is 42.8 Å². The van der Waals surface area contributed by atoms with Crippen LogP contribution in [0.5, 0.6) is 0 Å². The van der Waals surface area contributed by atoms with Crippen molar-refractivity contribution in [3.63, 3.8) is 0 Å². The molecule has 114 valence electrons. The van der Waals surface area contributed by atoms with Crippen molar-refractivity contribution in [1.82, 2.24) is 14.5 Å². The first-order valence-electron chi connectivity index (χ1n) is 8.06. The first-order chi connectivity index (χ1) is 10.1. The molecule has 1 aromatic heterocycles. The smallest absolute Gasteiger partial charge is 0.306 e. The second-order valence-electron chi connectivity index (χ2n) is 6.40. The van der Waals surface area contributed by atoms with Crippen molar-refractivity contribution >= 4 is 11.0 Å². The highest BCUT2D eigenvalue weighted by molar-refractivity contribution is 5.76. The Morgan fingerprint density at radius 1 is 1.29 bits per heavy atom. The molecule has 21 heavy (non-hydrogen) atoms. The van der Waals surface area contributed by atoms with E-state index >= 15 is 0 Å². The quantitative estimate of drug-likeness (QED) is 0.942. The van der Waals surface area contributed by atoms with Gasteiger partial charge in [0, 0.05) is 19.1 Å². The van der Waals surface area contributed by atoms with E-state index in [1.54, 1.807) is 0 Å². The molecule has 0 radical (unpaired) electrons. The van der Waals surface area contributed by atoms with Crippen LogP contribution in [0.25, 0.3) is 11.0 Å². The SMILES string of the molecule is CCN1CCC(n2c(=O)[nH]c3ccc(C(C)C)cc32)CC1. The molecule has 0 bridgehead atoms. The van der Waals surface area contributed by atoms with Gasteiger partial charge < -0.3 is 9.88 Å². The molecule has 0 saturated carbocycles. The minimum atomic E-state index is 0.0425. The molecule has 1 saturated heterocycles. The Kier molecular flexibility index (Phi) is 3.89. The largest absolute Gasteiger partial charge is 0.326 e. The van der Waals surface area contributed by atoms with Gasteiger partial charge in [-0.15, -0.1) is 0 Å². The fourth-order valence-electron chi connectivity index (χ4n) is 3.35. The van der Waals surface area contributed by atoms with E-state index in [-0.39, 0.29) is 5.69 Å². The number of hydrogen-bond acceptors (Lipinski definition) is 2. The number of fused-ring (bicyclic) bond motifs is 1. The molecule has 0 atom stereocenters. The molecule has 1 fully saturated rings. The maximum atomic E-state index is 12.4. The van der Waals surface area contributed by atoms with Crippen LogP contribution < -0.4 is 5.69 Å². The van der Waals surface area contributed by atoms with Gasteiger partial charge in [-0.1, -0.05) is 26.8 Å². The zero-order chi connectivity index (χ0) is 15.0. The molecule has 2 aromatic rings. The summed E-state index contributed by atoms with van der Waals surface area (Å²) in [6.45, 7) is 9.86. The Morgan fingerprint density at radius 3 is 2.62 bits per heavy atom. The lowest BCUT2D eigenvalue weighted by Crippen LogP contribution is -2.36. The topological polar surface area (TPSA) is 41.0 Å². The summed E-state index contributed by atoms with van der Waals surface area (Å²) in [5.41, 5.74) is 3.37. The Labute approximate surface area is 125 Å². The fraction of sp³-hybridized carbons (Fsp3) is 0.588. The maximum Gasteiger partial charge on any atom is 0.326 e. The normalized spacial score (nSPS) is 17.9. The van der Waals surface area contributed by atoms with Gasteiger partial charge in [0.05, 0.1) is 11.0 Å². The zero-order valence-corrected chi connectivity index (χ0v) is 13.2. The average Bonchev–Trinajstić information content (AvgIpc) is 2.82. The van der Waals surface area contributed by atoms with Crippen LogP contribution >= 0.6 is 0 Å². The van der Waals surface area contributed by atoms with Crippen LogP contribution in [-0.4, -0.2) is 34.1 Å². The third kappa shape index (κ3) is 2.64. The lowest BCUT2D eigenvalue weighted by Gasteiger charge is -2.31. The molecule has 3 rings (SSSR count). The highest BCUT2D eigenvalue weighted by atomic mass is 16.1. The Morgan fingerprint density at radius 2 is 2.00 bits per heavy atom. The minimum absolute atomic E-state index is 0.0425. The van der Waals surface area contributed by atoms with Gasteiger partial charge in [0.1, 0.15) is 0 Å². The van der Waals surface area contributed by atoms with Crippen molar-refractivity contribution in [2.45, 2.75) is 45.6 Å². The van der Waals surface area contributed by atoms with E-state index in [0.717, 1.165) is 43.5 Å². The van der Waals surface area contributed by atoms with Crippen LogP contribution in [0.2, 0.25) is 0 Å². The number of aromatic nitrogens is 2. The summed E-state index contributed by atoms with van der Waals surface area (Å²) in [6, 6.07) is 6.68. The van der Waals surface area contributed by atoms with Crippen LogP contribution in [0.1, 0.15) is 51.1 Å². The minimum Gasteiger partial charge on any atom is -0.306 e. The van der Waals surface area contributed by atoms with Gasteiger partial charge >= 0.3 is 5.69 Å². The number of aromatic amines is 1. The molecule has 4 nitrogen and oxygen atoms in total. The average molecular weight is 287 g/mol. The highest BCUT2D eigenvalue weighted by Crippen LogP contribution is 2.26. The summed E-state index contributed by atoms with van der Waals surface area (Å²) in [6.07, 6.45) is 2.12. The second kappa shape index (κ2) is 5.68. The van der Waals surface area contributed by atoms with Crippen LogP contribution in [0.4, 0.5) is 0 Å². The van der Waals surface area contributed by atoms with Crippen LogP contribution in [0, 0.1) is 0 Å². The van der Waals surface area contributed by atoms with Crippen LogP contribution in [-0.2, 0) is 0 Å². The van der Waals surface area contributed by atoms with Crippen molar-refractivity contribution in [2.75, 3.05) is 19.6 Å². The monoisotopic (exact) mass is 287 g/mol. The van der Waals surface area contributed by atoms with Crippen LogP contribution in [0.3, 0.4) is 0 Å². The molecule has 0 spiro atoms. The lowest BCUT2D eigenvalue weighted by atomic mass is 10.0. The van der Waals surface area contributed by atoms with Crippen molar-refractivity contribution < 1.29 is 0 Å². The first-order valence-corrected chi connectivity index (χ1v) is 8.06. The number of benzene rings is 1. The van der Waals surface area contributed by atoms with Gasteiger partial charge in [-0.2, -0.15) is 0 Å². The van der Waals surface area contributed by atoms with Gasteiger partial charge in [0.25, 0.3) is 0 Å². The number of imidazole rings is 1. The van der Waals surface area contributed by atoms with Gasteiger partial charge in [-0.25, -0.2) is 4.79 Å². The fourth-order valence-corrected chi connectivity index (χ4v) is 3.35. The number of nitrogens with one attached hydrogen (secondary N) is 1. The maximum absolute atomic E-state index is 12.4. The molecule has 4 heteroatoms. The number of likely N-dealkylation sites (tertiary alicyclic amines) is 1. The number of piperidine rings is 1. The summed E-state index contributed by atoms with van der Waals surface area (Å²) in [7, 11) is 0. The second-order valence-corrected chi connectivity index (χ2v) is 6.40. The molecule has 1 aliphatic rings. The molecule has 2 heterocycles. The molecule has 1 aromatic carbocycles. The molecule has 0 amide bonds. The van der Waals surface area contributed by atoms with Gasteiger partial charge in [0.15, 0.2) is 0 Å². The summed E-state index contributed by atoms with van der Waals surface area (Å²) in [5, 5.41) is 0. The van der Waals surface area contributed by atoms with Crippen LogP contribution in [0.15, 0.2) is 23.0 Å². The number of H-pyrrole nitrogens is 1. The van der Waals surface area contributed by atoms with E-state index in [9.17, 15) is 4.79 Å². The van der Waals surface area contributed by atoms with Gasteiger partial charge in [-0.3, -0.25) is 4.57 Å². The molecule has 0 aliphatic carbocycles. The summed E-state index contributed by atoms with van der Waals surface area (Å²) in [5.74, 6) is 0.481. The molecule has 0 unspecified atom stereocenters. The highest BCUT2D eigenvalue weighted by Gasteiger charge is 2.23. The predicted octanol–water partition coefficient (Wildman–Crippen LogP) is 3.11. The third-order valence-electron chi connectivity index (χ3n) is 4.78. The van der Waals surface area contributed by atoms with Gasteiger partial charge in [0.2, 0.25) is 0 Å². The van der Waals surface area contributed by atoms with E-state index in [4.69, 9.17) is 0 Å². The summed E-state index contributed by atoms with van der Waals surface area (Å²) in [4.78, 5) is 17.8. The van der Waals surface area contributed by atoms with Crippen molar-refractivity contribution in [3.05, 3.63) is 34.2 Å². The number of nitrogens with zero attached hydrogens (tertiary/aromatic N) is 2. The lowest BCUT2D eigenvalue weighted by molar-refractivity contribution is 0.195. The standard InChI is InChI=1S/C17H25N3O/c1-4-19-9-7-14(8-10-19)20-16-11-13(12(2)3)5-6-15(16)18-17(20)21/h5-6,11-12,14H,4,7-10H2,1-3H3,(H,18,21). The number of rotatable bonds is 3. The summed E-state index contributed by atoms with van der Waals surface area (Å²) < 4.78 is 1.99. The summed E-state index contributed by atoms with van der Waals surface area (Å²) >= 11 is 0. The predicted molar refractivity (Wildman–Crippen MR) is 87.0 cm³/mol. The van der Waals surface area contributed by atoms with Gasteiger partial charge in [-0.05, 0) is 43.0 Å². The van der Waals surface area contributed by atoms with E-state index in [1.165, 1.54) is 5.56 Å². The molecular weight excluding hydrogens is 262 g/mol. The third-order valence-corrected chi connectivity index (χ3v) is 4.78. The van der Waals surface area contributed by atoms with E-state index in [0.29, 0.717) is 12.0 Å². The number of hydrogen-bond donors (Lipinski definition) is 1. The van der Waals surface area contributed by atoms with E-state index < -0.39 is 0 Å². The van der Waals surface area contributed by atoms with Crippen molar-refractivity contribution in [3.8, 4) is 0 Å². The Bertz CT molecular complexity index is 675.